The largest absolute Gasteiger partial charge is 0.481 e. The van der Waals surface area contributed by atoms with Gasteiger partial charge in [-0.25, -0.2) is 4.98 Å². The highest BCUT2D eigenvalue weighted by atomic mass is 35.5. The van der Waals surface area contributed by atoms with Crippen molar-refractivity contribution in [2.75, 3.05) is 0 Å². The van der Waals surface area contributed by atoms with Crippen LogP contribution >= 0.6 is 23.4 Å². The van der Waals surface area contributed by atoms with Crippen LogP contribution in [0.2, 0.25) is 5.15 Å². The number of halogens is 1. The number of carboxylic acid groups (broad SMARTS) is 1. The summed E-state index contributed by atoms with van der Waals surface area (Å²) in [6.45, 7) is 0. The first-order valence-corrected chi connectivity index (χ1v) is 7.04. The number of thioether (sulfide) groups is 1. The molecule has 1 N–H and O–H groups in total. The maximum absolute atomic E-state index is 10.6. The molecule has 1 aromatic carbocycles. The molecular weight excluding hydrogens is 282 g/mol. The van der Waals surface area contributed by atoms with E-state index in [-0.39, 0.29) is 6.42 Å². The molecule has 0 aliphatic carbocycles. The average molecular weight is 294 g/mol. The molecule has 0 saturated heterocycles. The predicted molar refractivity (Wildman–Crippen MR) is 76.6 cm³/mol. The van der Waals surface area contributed by atoms with Gasteiger partial charge in [-0.3, -0.25) is 4.79 Å². The van der Waals surface area contributed by atoms with Crippen molar-refractivity contribution < 1.29 is 9.90 Å². The lowest BCUT2D eigenvalue weighted by Crippen LogP contribution is -1.99. The molecule has 98 valence electrons. The fraction of sp³-hybridized carbons (Fsp3) is 0.143. The SMILES string of the molecule is O=C(O)Cc1ccc(SCc2ccc(Cl)nc2)cc1. The molecule has 1 aromatic heterocycles. The minimum absolute atomic E-state index is 0.0616. The van der Waals surface area contributed by atoms with Gasteiger partial charge < -0.3 is 5.11 Å². The molecule has 0 bridgehead atoms. The molecule has 0 radical (unpaired) electrons. The van der Waals surface area contributed by atoms with E-state index in [0.29, 0.717) is 5.15 Å². The molecule has 19 heavy (non-hydrogen) atoms. The summed E-state index contributed by atoms with van der Waals surface area (Å²) in [5.74, 6) is -0.00439. The second-order valence-electron chi connectivity index (χ2n) is 3.99. The molecular formula is C14H12ClNO2S. The van der Waals surface area contributed by atoms with Crippen LogP contribution in [0.4, 0.5) is 0 Å². The lowest BCUT2D eigenvalue weighted by Gasteiger charge is -2.03. The Morgan fingerprint density at radius 3 is 2.42 bits per heavy atom. The Kier molecular flexibility index (Phi) is 4.82. The zero-order chi connectivity index (χ0) is 13.7. The molecule has 0 amide bonds. The van der Waals surface area contributed by atoms with Crippen LogP contribution in [-0.2, 0) is 17.0 Å². The topological polar surface area (TPSA) is 50.2 Å². The van der Waals surface area contributed by atoms with Gasteiger partial charge in [0.2, 0.25) is 0 Å². The second kappa shape index (κ2) is 6.59. The summed E-state index contributed by atoms with van der Waals surface area (Å²) in [7, 11) is 0. The summed E-state index contributed by atoms with van der Waals surface area (Å²) >= 11 is 7.40. The van der Waals surface area contributed by atoms with Gasteiger partial charge in [-0.15, -0.1) is 11.8 Å². The van der Waals surface area contributed by atoms with E-state index in [1.54, 1.807) is 24.0 Å². The number of aliphatic carboxylic acids is 1. The average Bonchev–Trinajstić information content (AvgIpc) is 2.39. The number of hydrogen-bond donors (Lipinski definition) is 1. The number of benzene rings is 1. The first-order chi connectivity index (χ1) is 9.13. The summed E-state index contributed by atoms with van der Waals surface area (Å²) in [5, 5.41) is 9.18. The third kappa shape index (κ3) is 4.58. The quantitative estimate of drug-likeness (QED) is 0.675. The van der Waals surface area contributed by atoms with E-state index in [4.69, 9.17) is 16.7 Å². The first-order valence-electron chi connectivity index (χ1n) is 5.67. The van der Waals surface area contributed by atoms with Crippen LogP contribution in [0, 0.1) is 0 Å². The second-order valence-corrected chi connectivity index (χ2v) is 5.43. The van der Waals surface area contributed by atoms with E-state index in [1.807, 2.05) is 30.3 Å². The Hall–Kier alpha value is -1.52. The third-order valence-electron chi connectivity index (χ3n) is 2.47. The fourth-order valence-corrected chi connectivity index (χ4v) is 2.48. The van der Waals surface area contributed by atoms with Crippen LogP contribution in [0.5, 0.6) is 0 Å². The van der Waals surface area contributed by atoms with E-state index >= 15 is 0 Å². The molecule has 0 saturated carbocycles. The fourth-order valence-electron chi connectivity index (χ4n) is 1.54. The maximum Gasteiger partial charge on any atom is 0.307 e. The molecule has 0 atom stereocenters. The zero-order valence-corrected chi connectivity index (χ0v) is 11.6. The van der Waals surface area contributed by atoms with Gasteiger partial charge in [-0.1, -0.05) is 29.8 Å². The summed E-state index contributed by atoms with van der Waals surface area (Å²) in [6.07, 6.45) is 1.82. The van der Waals surface area contributed by atoms with E-state index in [2.05, 4.69) is 4.98 Å². The van der Waals surface area contributed by atoms with Gasteiger partial charge in [0.05, 0.1) is 6.42 Å². The lowest BCUT2D eigenvalue weighted by atomic mass is 10.2. The van der Waals surface area contributed by atoms with Gasteiger partial charge in [-0.2, -0.15) is 0 Å². The number of carboxylic acids is 1. The monoisotopic (exact) mass is 293 g/mol. The van der Waals surface area contributed by atoms with E-state index in [1.165, 1.54) is 0 Å². The van der Waals surface area contributed by atoms with Crippen molar-refractivity contribution >= 4 is 29.3 Å². The smallest absolute Gasteiger partial charge is 0.307 e. The van der Waals surface area contributed by atoms with Crippen molar-refractivity contribution in [3.05, 3.63) is 58.9 Å². The van der Waals surface area contributed by atoms with E-state index in [0.717, 1.165) is 21.8 Å². The third-order valence-corrected chi connectivity index (χ3v) is 3.78. The van der Waals surface area contributed by atoms with Gasteiger partial charge >= 0.3 is 5.97 Å². The highest BCUT2D eigenvalue weighted by Crippen LogP contribution is 2.23. The maximum atomic E-state index is 10.6. The van der Waals surface area contributed by atoms with Gasteiger partial charge in [-0.05, 0) is 29.3 Å². The highest BCUT2D eigenvalue weighted by Gasteiger charge is 2.01. The van der Waals surface area contributed by atoms with Crippen molar-refractivity contribution in [1.29, 1.82) is 0 Å². The van der Waals surface area contributed by atoms with Crippen LogP contribution < -0.4 is 0 Å². The minimum Gasteiger partial charge on any atom is -0.481 e. The van der Waals surface area contributed by atoms with Gasteiger partial charge in [0, 0.05) is 16.8 Å². The molecule has 0 unspecified atom stereocenters. The zero-order valence-electron chi connectivity index (χ0n) is 10.0. The van der Waals surface area contributed by atoms with Crippen LogP contribution in [-0.4, -0.2) is 16.1 Å². The minimum atomic E-state index is -0.812. The summed E-state index contributed by atoms with van der Waals surface area (Å²) in [4.78, 5) is 15.7. The standard InChI is InChI=1S/C14H12ClNO2S/c15-13-6-3-11(8-16-13)9-19-12-4-1-10(2-5-12)7-14(17)18/h1-6,8H,7,9H2,(H,17,18). The summed E-state index contributed by atoms with van der Waals surface area (Å²) < 4.78 is 0. The molecule has 0 spiro atoms. The van der Waals surface area contributed by atoms with Crippen molar-refractivity contribution in [3.8, 4) is 0 Å². The van der Waals surface area contributed by atoms with Crippen LogP contribution in [0.3, 0.4) is 0 Å². The molecule has 1 heterocycles. The Balaban J connectivity index is 1.92. The highest BCUT2D eigenvalue weighted by molar-refractivity contribution is 7.98. The number of nitrogens with zero attached hydrogens (tertiary/aromatic N) is 1. The van der Waals surface area contributed by atoms with Crippen molar-refractivity contribution in [2.45, 2.75) is 17.1 Å². The van der Waals surface area contributed by atoms with Gasteiger partial charge in [0.25, 0.3) is 0 Å². The molecule has 0 aliphatic heterocycles. The summed E-state index contributed by atoms with van der Waals surface area (Å²) in [5.41, 5.74) is 1.91. The lowest BCUT2D eigenvalue weighted by molar-refractivity contribution is -0.136. The number of pyridine rings is 1. The van der Waals surface area contributed by atoms with Crippen molar-refractivity contribution in [3.63, 3.8) is 0 Å². The molecule has 0 aliphatic rings. The van der Waals surface area contributed by atoms with Gasteiger partial charge in [0.1, 0.15) is 5.15 Å². The molecule has 0 fully saturated rings. The van der Waals surface area contributed by atoms with E-state index < -0.39 is 5.97 Å². The van der Waals surface area contributed by atoms with Crippen LogP contribution in [0.1, 0.15) is 11.1 Å². The Labute approximate surface area is 120 Å². The predicted octanol–water partition coefficient (Wildman–Crippen LogP) is 3.65. The molecule has 5 heteroatoms. The number of rotatable bonds is 5. The molecule has 2 rings (SSSR count). The van der Waals surface area contributed by atoms with Crippen molar-refractivity contribution in [1.82, 2.24) is 4.98 Å². The molecule has 2 aromatic rings. The Morgan fingerprint density at radius 2 is 1.84 bits per heavy atom. The Bertz CT molecular complexity index is 555. The van der Waals surface area contributed by atoms with Crippen LogP contribution in [0.25, 0.3) is 0 Å². The molecule has 3 nitrogen and oxygen atoms in total. The summed E-state index contributed by atoms with van der Waals surface area (Å²) in [6, 6.07) is 11.3. The normalized spacial score (nSPS) is 10.4. The number of carbonyl (C=O) groups is 1. The first kappa shape index (κ1) is 13.9. The number of aromatic nitrogens is 1. The number of hydrogen-bond acceptors (Lipinski definition) is 3. The van der Waals surface area contributed by atoms with Crippen LogP contribution in [0.15, 0.2) is 47.5 Å². The van der Waals surface area contributed by atoms with Crippen molar-refractivity contribution in [2.24, 2.45) is 0 Å². The van der Waals surface area contributed by atoms with Gasteiger partial charge in [0.15, 0.2) is 0 Å². The van der Waals surface area contributed by atoms with E-state index in [9.17, 15) is 4.79 Å². The Morgan fingerprint density at radius 1 is 1.16 bits per heavy atom.